The zero-order valence-electron chi connectivity index (χ0n) is 10.6. The fourth-order valence-electron chi connectivity index (χ4n) is 1.52. The van der Waals surface area contributed by atoms with Crippen molar-refractivity contribution >= 4 is 17.2 Å². The molecule has 0 amide bonds. The highest BCUT2D eigenvalue weighted by Gasteiger charge is 2.09. The number of nitrogens with zero attached hydrogens (tertiary/aromatic N) is 2. The molecule has 0 saturated carbocycles. The molecule has 0 aliphatic rings. The molecule has 0 bridgehead atoms. The lowest BCUT2D eigenvalue weighted by molar-refractivity contribution is 0.440. The van der Waals surface area contributed by atoms with Crippen LogP contribution in [0, 0.1) is 5.82 Å². The minimum absolute atomic E-state index is 0.114. The number of thiocarbonyl (C=S) groups is 1. The van der Waals surface area contributed by atoms with Gasteiger partial charge in [-0.15, -0.1) is 0 Å². The van der Waals surface area contributed by atoms with E-state index in [9.17, 15) is 4.39 Å². The summed E-state index contributed by atoms with van der Waals surface area (Å²) >= 11 is 4.78. The van der Waals surface area contributed by atoms with Gasteiger partial charge in [0.25, 0.3) is 0 Å². The molecule has 0 radical (unpaired) electrons. The van der Waals surface area contributed by atoms with Crippen LogP contribution in [0.4, 0.5) is 4.39 Å². The van der Waals surface area contributed by atoms with E-state index in [0.717, 1.165) is 0 Å². The van der Waals surface area contributed by atoms with Gasteiger partial charge in [0, 0.05) is 11.6 Å². The largest absolute Gasteiger partial charge is 0.451 e. The van der Waals surface area contributed by atoms with E-state index in [1.54, 1.807) is 23.1 Å². The van der Waals surface area contributed by atoms with Crippen molar-refractivity contribution < 1.29 is 9.13 Å². The van der Waals surface area contributed by atoms with E-state index >= 15 is 0 Å². The highest BCUT2D eigenvalue weighted by Crippen LogP contribution is 2.25. The van der Waals surface area contributed by atoms with E-state index in [1.165, 1.54) is 12.1 Å². The van der Waals surface area contributed by atoms with Crippen LogP contribution in [0.1, 0.15) is 25.5 Å². The van der Waals surface area contributed by atoms with Gasteiger partial charge in [0.15, 0.2) is 17.3 Å². The van der Waals surface area contributed by atoms with E-state index in [0.29, 0.717) is 11.3 Å². The molecule has 6 heteroatoms. The molecule has 0 atom stereocenters. The van der Waals surface area contributed by atoms with Crippen molar-refractivity contribution in [2.75, 3.05) is 0 Å². The predicted molar refractivity (Wildman–Crippen MR) is 75.0 cm³/mol. The third-order valence-electron chi connectivity index (χ3n) is 2.55. The van der Waals surface area contributed by atoms with Crippen molar-refractivity contribution in [2.45, 2.75) is 19.9 Å². The van der Waals surface area contributed by atoms with Crippen LogP contribution < -0.4 is 10.5 Å². The molecule has 0 aliphatic carbocycles. The maximum atomic E-state index is 13.8. The van der Waals surface area contributed by atoms with Gasteiger partial charge in [0.2, 0.25) is 0 Å². The minimum Gasteiger partial charge on any atom is -0.451 e. The van der Waals surface area contributed by atoms with Crippen molar-refractivity contribution in [2.24, 2.45) is 5.73 Å². The highest BCUT2D eigenvalue weighted by atomic mass is 32.1. The molecule has 2 N–H and O–H groups in total. The molecule has 1 aromatic heterocycles. The van der Waals surface area contributed by atoms with Crippen LogP contribution in [0.25, 0.3) is 0 Å². The predicted octanol–water partition coefficient (Wildman–Crippen LogP) is 3.03. The second kappa shape index (κ2) is 5.36. The molecule has 0 unspecified atom stereocenters. The lowest BCUT2D eigenvalue weighted by Gasteiger charge is -2.06. The Labute approximate surface area is 116 Å². The number of nitrogens with two attached hydrogens (primary N) is 1. The van der Waals surface area contributed by atoms with Crippen molar-refractivity contribution in [1.82, 2.24) is 9.78 Å². The number of ether oxygens (including phenoxy) is 1. The van der Waals surface area contributed by atoms with Crippen LogP contribution in [0.5, 0.6) is 11.5 Å². The first-order valence-electron chi connectivity index (χ1n) is 5.78. The Morgan fingerprint density at radius 3 is 2.74 bits per heavy atom. The van der Waals surface area contributed by atoms with Crippen LogP contribution in [0.3, 0.4) is 0 Å². The molecule has 2 rings (SSSR count). The molecule has 0 spiro atoms. The van der Waals surface area contributed by atoms with E-state index in [1.807, 2.05) is 13.8 Å². The smallest absolute Gasteiger partial charge is 0.166 e. The number of halogens is 1. The molecular formula is C13H14FN3OS. The Kier molecular flexibility index (Phi) is 3.80. The Morgan fingerprint density at radius 1 is 1.47 bits per heavy atom. The van der Waals surface area contributed by atoms with E-state index in [2.05, 4.69) is 5.10 Å². The summed E-state index contributed by atoms with van der Waals surface area (Å²) in [4.78, 5) is 0.151. The molecule has 1 heterocycles. The fourth-order valence-corrected chi connectivity index (χ4v) is 1.65. The third kappa shape index (κ3) is 3.08. The third-order valence-corrected chi connectivity index (χ3v) is 2.79. The molecule has 4 nitrogen and oxygen atoms in total. The average molecular weight is 279 g/mol. The van der Waals surface area contributed by atoms with Gasteiger partial charge in [-0.1, -0.05) is 12.2 Å². The zero-order valence-corrected chi connectivity index (χ0v) is 11.4. The molecule has 19 heavy (non-hydrogen) atoms. The fraction of sp³-hybridized carbons (Fsp3) is 0.231. The normalized spacial score (nSPS) is 10.7. The summed E-state index contributed by atoms with van der Waals surface area (Å²) in [6.07, 6.45) is 3.26. The summed E-state index contributed by atoms with van der Waals surface area (Å²) in [6, 6.07) is 4.59. The van der Waals surface area contributed by atoms with Gasteiger partial charge in [-0.3, -0.25) is 4.68 Å². The zero-order chi connectivity index (χ0) is 14.0. The van der Waals surface area contributed by atoms with Gasteiger partial charge < -0.3 is 10.5 Å². The molecular weight excluding hydrogens is 265 g/mol. The molecule has 0 saturated heterocycles. The highest BCUT2D eigenvalue weighted by molar-refractivity contribution is 7.80. The van der Waals surface area contributed by atoms with Crippen molar-refractivity contribution in [3.8, 4) is 11.5 Å². The summed E-state index contributed by atoms with van der Waals surface area (Å²) in [7, 11) is 0. The Bertz CT molecular complexity index is 610. The van der Waals surface area contributed by atoms with Gasteiger partial charge in [-0.05, 0) is 32.0 Å². The quantitative estimate of drug-likeness (QED) is 0.874. The Hall–Kier alpha value is -1.95. The number of benzene rings is 1. The van der Waals surface area contributed by atoms with Gasteiger partial charge in [-0.25, -0.2) is 4.39 Å². The maximum absolute atomic E-state index is 13.8. The van der Waals surface area contributed by atoms with Gasteiger partial charge in [0.1, 0.15) is 4.99 Å². The average Bonchev–Trinajstić information content (AvgIpc) is 2.80. The van der Waals surface area contributed by atoms with Crippen LogP contribution in [0.2, 0.25) is 0 Å². The summed E-state index contributed by atoms with van der Waals surface area (Å²) in [5, 5.41) is 4.12. The first kappa shape index (κ1) is 13.5. The molecule has 1 aromatic carbocycles. The summed E-state index contributed by atoms with van der Waals surface area (Å²) in [6.45, 7) is 3.99. The van der Waals surface area contributed by atoms with Gasteiger partial charge in [0.05, 0.1) is 12.4 Å². The lowest BCUT2D eigenvalue weighted by Crippen LogP contribution is -2.09. The topological polar surface area (TPSA) is 53.1 Å². The monoisotopic (exact) mass is 279 g/mol. The number of rotatable bonds is 4. The van der Waals surface area contributed by atoms with Crippen molar-refractivity contribution in [1.29, 1.82) is 0 Å². The lowest BCUT2D eigenvalue weighted by atomic mass is 10.2. The van der Waals surface area contributed by atoms with Crippen molar-refractivity contribution in [3.05, 3.63) is 42.0 Å². The Morgan fingerprint density at radius 2 is 2.21 bits per heavy atom. The van der Waals surface area contributed by atoms with Crippen LogP contribution in [-0.4, -0.2) is 14.8 Å². The van der Waals surface area contributed by atoms with Crippen molar-refractivity contribution in [3.63, 3.8) is 0 Å². The SMILES string of the molecule is CC(C)n1cc(Oc2ccc(C(N)=S)cc2F)cn1. The number of hydrogen-bond donors (Lipinski definition) is 1. The van der Waals surface area contributed by atoms with Gasteiger partial charge >= 0.3 is 0 Å². The minimum atomic E-state index is -0.511. The van der Waals surface area contributed by atoms with E-state index in [-0.39, 0.29) is 16.8 Å². The standard InChI is InChI=1S/C13H14FN3OS/c1-8(2)17-7-10(6-16-17)18-12-4-3-9(13(15)19)5-11(12)14/h3-8H,1-2H3,(H2,15,19). The number of aromatic nitrogens is 2. The second-order valence-electron chi connectivity index (χ2n) is 4.36. The first-order valence-corrected chi connectivity index (χ1v) is 6.19. The van der Waals surface area contributed by atoms with E-state index in [4.69, 9.17) is 22.7 Å². The summed E-state index contributed by atoms with van der Waals surface area (Å²) in [5.74, 6) is 0.0848. The van der Waals surface area contributed by atoms with Gasteiger partial charge in [-0.2, -0.15) is 5.10 Å². The van der Waals surface area contributed by atoms with E-state index < -0.39 is 5.82 Å². The van der Waals surface area contributed by atoms with Crippen LogP contribution in [-0.2, 0) is 0 Å². The molecule has 0 fully saturated rings. The first-order chi connectivity index (χ1) is 8.97. The Balaban J connectivity index is 2.20. The van der Waals surface area contributed by atoms with Crippen LogP contribution in [0.15, 0.2) is 30.6 Å². The number of hydrogen-bond acceptors (Lipinski definition) is 3. The summed E-state index contributed by atoms with van der Waals surface area (Å²) < 4.78 is 21.0. The molecule has 2 aromatic rings. The summed E-state index contributed by atoms with van der Waals surface area (Å²) in [5.41, 5.74) is 5.90. The molecule has 0 aliphatic heterocycles. The maximum Gasteiger partial charge on any atom is 0.166 e. The second-order valence-corrected chi connectivity index (χ2v) is 4.80. The van der Waals surface area contributed by atoms with Crippen LogP contribution >= 0.6 is 12.2 Å². The molecule has 100 valence electrons.